The van der Waals surface area contributed by atoms with E-state index in [1.165, 1.54) is 43.5 Å². The third-order valence-corrected chi connectivity index (χ3v) is 4.79. The average Bonchev–Trinajstić information content (AvgIpc) is 3.21. The zero-order chi connectivity index (χ0) is 22.9. The number of esters is 1. The van der Waals surface area contributed by atoms with Gasteiger partial charge in [-0.25, -0.2) is 9.78 Å². The number of alkyl halides is 3. The van der Waals surface area contributed by atoms with Crippen molar-refractivity contribution in [3.63, 3.8) is 0 Å². The fourth-order valence-electron chi connectivity index (χ4n) is 3.12. The summed E-state index contributed by atoms with van der Waals surface area (Å²) < 4.78 is 42.9. The van der Waals surface area contributed by atoms with Crippen molar-refractivity contribution in [2.75, 3.05) is 12.4 Å². The summed E-state index contributed by atoms with van der Waals surface area (Å²) in [5.41, 5.74) is 2.15. The van der Waals surface area contributed by atoms with Gasteiger partial charge in [0.25, 0.3) is 5.91 Å². The number of anilines is 1. The Morgan fingerprint density at radius 2 is 1.59 bits per heavy atom. The van der Waals surface area contributed by atoms with Crippen LogP contribution in [0.3, 0.4) is 0 Å². The molecule has 1 aromatic heterocycles. The maximum absolute atomic E-state index is 12.8. The number of methoxy groups -OCH3 is 1. The molecule has 0 unspecified atom stereocenters. The van der Waals surface area contributed by atoms with Crippen LogP contribution in [0.15, 0.2) is 66.7 Å². The summed E-state index contributed by atoms with van der Waals surface area (Å²) >= 11 is 0. The molecule has 6 nitrogen and oxygen atoms in total. The quantitative estimate of drug-likeness (QED) is 0.424. The molecule has 0 spiro atoms. The molecular weight excluding hydrogens is 423 g/mol. The molecule has 3 aromatic carbocycles. The molecule has 0 aliphatic heterocycles. The molecule has 32 heavy (non-hydrogen) atoms. The maximum atomic E-state index is 12.8. The number of carbonyl (C=O) groups is 2. The standard InChI is InChI=1S/C23H16F3N3O3/c1-32-22(31)15-4-2-14(3-5-15)21(30)27-17-10-11-18-19(12-17)29-20(28-18)13-6-8-16(9-7-13)23(24,25)26/h2-12H,1H3,(H,27,30)(H,28,29). The van der Waals surface area contributed by atoms with Crippen molar-refractivity contribution in [1.29, 1.82) is 0 Å². The van der Waals surface area contributed by atoms with E-state index in [0.717, 1.165) is 12.1 Å². The largest absolute Gasteiger partial charge is 0.465 e. The van der Waals surface area contributed by atoms with E-state index in [9.17, 15) is 22.8 Å². The topological polar surface area (TPSA) is 84.1 Å². The van der Waals surface area contributed by atoms with Gasteiger partial charge in [0.2, 0.25) is 0 Å². The Balaban J connectivity index is 1.53. The number of amides is 1. The number of nitrogens with one attached hydrogen (secondary N) is 2. The molecule has 0 saturated heterocycles. The van der Waals surface area contributed by atoms with Gasteiger partial charge >= 0.3 is 12.1 Å². The van der Waals surface area contributed by atoms with Crippen LogP contribution in [-0.2, 0) is 10.9 Å². The van der Waals surface area contributed by atoms with Gasteiger partial charge in [-0.2, -0.15) is 13.2 Å². The fraction of sp³-hybridized carbons (Fsp3) is 0.0870. The van der Waals surface area contributed by atoms with Gasteiger partial charge in [0.1, 0.15) is 5.82 Å². The molecule has 0 atom stereocenters. The molecule has 0 fully saturated rings. The second kappa shape index (κ2) is 8.18. The van der Waals surface area contributed by atoms with E-state index in [1.807, 2.05) is 0 Å². The van der Waals surface area contributed by atoms with Crippen LogP contribution >= 0.6 is 0 Å². The number of aromatic amines is 1. The summed E-state index contributed by atoms with van der Waals surface area (Å²) in [7, 11) is 1.27. The predicted molar refractivity (Wildman–Crippen MR) is 112 cm³/mol. The first kappa shape index (κ1) is 21.1. The molecule has 2 N–H and O–H groups in total. The van der Waals surface area contributed by atoms with Gasteiger partial charge in [-0.05, 0) is 54.6 Å². The van der Waals surface area contributed by atoms with Crippen molar-refractivity contribution in [3.8, 4) is 11.4 Å². The number of H-pyrrole nitrogens is 1. The highest BCUT2D eigenvalue weighted by molar-refractivity contribution is 6.05. The minimum Gasteiger partial charge on any atom is -0.465 e. The number of fused-ring (bicyclic) bond motifs is 1. The molecular formula is C23H16F3N3O3. The van der Waals surface area contributed by atoms with Crippen LogP contribution in [0.25, 0.3) is 22.4 Å². The van der Waals surface area contributed by atoms with Gasteiger partial charge in [-0.15, -0.1) is 0 Å². The number of halogens is 3. The lowest BCUT2D eigenvalue weighted by Crippen LogP contribution is -2.12. The number of benzene rings is 3. The van der Waals surface area contributed by atoms with E-state index in [-0.39, 0.29) is 5.91 Å². The Labute approximate surface area is 180 Å². The molecule has 0 radical (unpaired) electrons. The number of nitrogens with zero attached hydrogens (tertiary/aromatic N) is 1. The van der Waals surface area contributed by atoms with Crippen LogP contribution in [0.1, 0.15) is 26.3 Å². The Morgan fingerprint density at radius 3 is 2.22 bits per heavy atom. The summed E-state index contributed by atoms with van der Waals surface area (Å²) in [6, 6.07) is 15.8. The molecule has 162 valence electrons. The second-order valence-corrected chi connectivity index (χ2v) is 6.92. The highest BCUT2D eigenvalue weighted by Gasteiger charge is 2.30. The minimum absolute atomic E-state index is 0.331. The predicted octanol–water partition coefficient (Wildman–Crippen LogP) is 5.29. The van der Waals surface area contributed by atoms with E-state index < -0.39 is 17.7 Å². The lowest BCUT2D eigenvalue weighted by molar-refractivity contribution is -0.137. The van der Waals surface area contributed by atoms with Gasteiger partial charge < -0.3 is 15.0 Å². The minimum atomic E-state index is -4.40. The Bertz CT molecular complexity index is 1290. The second-order valence-electron chi connectivity index (χ2n) is 6.92. The number of hydrogen-bond donors (Lipinski definition) is 2. The first-order chi connectivity index (χ1) is 15.2. The molecule has 4 aromatic rings. The Hall–Kier alpha value is -4.14. The van der Waals surface area contributed by atoms with Gasteiger partial charge in [0.15, 0.2) is 0 Å². The van der Waals surface area contributed by atoms with E-state index in [4.69, 9.17) is 0 Å². The van der Waals surface area contributed by atoms with Crippen LogP contribution in [0.5, 0.6) is 0 Å². The Kier molecular flexibility index (Phi) is 5.40. The molecule has 9 heteroatoms. The smallest absolute Gasteiger partial charge is 0.416 e. The fourth-order valence-corrected chi connectivity index (χ4v) is 3.12. The first-order valence-corrected chi connectivity index (χ1v) is 9.42. The molecule has 4 rings (SSSR count). The van der Waals surface area contributed by atoms with Crippen LogP contribution in [0, 0.1) is 0 Å². The lowest BCUT2D eigenvalue weighted by atomic mass is 10.1. The average molecular weight is 439 g/mol. The zero-order valence-corrected chi connectivity index (χ0v) is 16.7. The van der Waals surface area contributed by atoms with Crippen molar-refractivity contribution in [2.24, 2.45) is 0 Å². The Morgan fingerprint density at radius 1 is 0.938 bits per heavy atom. The number of ether oxygens (including phenoxy) is 1. The van der Waals surface area contributed by atoms with Crippen molar-refractivity contribution in [3.05, 3.63) is 83.4 Å². The number of aromatic nitrogens is 2. The van der Waals surface area contributed by atoms with Crippen LogP contribution < -0.4 is 5.32 Å². The summed E-state index contributed by atoms with van der Waals surface area (Å²) in [4.78, 5) is 31.5. The van der Waals surface area contributed by atoms with E-state index in [1.54, 1.807) is 18.2 Å². The summed E-state index contributed by atoms with van der Waals surface area (Å²) in [6.45, 7) is 0. The molecule has 0 bridgehead atoms. The van der Waals surface area contributed by atoms with Crippen LogP contribution in [0.4, 0.5) is 18.9 Å². The van der Waals surface area contributed by atoms with Crippen molar-refractivity contribution >= 4 is 28.6 Å². The van der Waals surface area contributed by atoms with Gasteiger partial charge in [-0.3, -0.25) is 4.79 Å². The molecule has 0 aliphatic rings. The van der Waals surface area contributed by atoms with Crippen molar-refractivity contribution < 1.29 is 27.5 Å². The monoisotopic (exact) mass is 439 g/mol. The third-order valence-electron chi connectivity index (χ3n) is 4.79. The maximum Gasteiger partial charge on any atom is 0.416 e. The first-order valence-electron chi connectivity index (χ1n) is 9.42. The molecule has 0 saturated carbocycles. The third kappa shape index (κ3) is 4.31. The summed E-state index contributed by atoms with van der Waals surface area (Å²) in [5.74, 6) is -0.459. The number of hydrogen-bond acceptors (Lipinski definition) is 4. The lowest BCUT2D eigenvalue weighted by Gasteiger charge is -2.06. The summed E-state index contributed by atoms with van der Waals surface area (Å²) in [5, 5.41) is 2.75. The van der Waals surface area contributed by atoms with Crippen LogP contribution in [0.2, 0.25) is 0 Å². The molecule has 1 amide bonds. The molecule has 0 aliphatic carbocycles. The molecule has 1 heterocycles. The summed E-state index contributed by atoms with van der Waals surface area (Å²) in [6.07, 6.45) is -4.40. The number of carbonyl (C=O) groups excluding carboxylic acids is 2. The van der Waals surface area contributed by atoms with Crippen molar-refractivity contribution in [2.45, 2.75) is 6.18 Å². The van der Waals surface area contributed by atoms with E-state index in [0.29, 0.717) is 39.2 Å². The van der Waals surface area contributed by atoms with Crippen LogP contribution in [-0.4, -0.2) is 29.0 Å². The van der Waals surface area contributed by atoms with E-state index >= 15 is 0 Å². The highest BCUT2D eigenvalue weighted by Crippen LogP contribution is 2.31. The zero-order valence-electron chi connectivity index (χ0n) is 16.7. The number of imidazole rings is 1. The van der Waals surface area contributed by atoms with Gasteiger partial charge in [-0.1, -0.05) is 12.1 Å². The normalized spacial score (nSPS) is 11.4. The van der Waals surface area contributed by atoms with Gasteiger partial charge in [0.05, 0.1) is 29.3 Å². The SMILES string of the molecule is COC(=O)c1ccc(C(=O)Nc2ccc3[nH]c(-c4ccc(C(F)(F)F)cc4)nc3c2)cc1. The van der Waals surface area contributed by atoms with E-state index in [2.05, 4.69) is 20.0 Å². The highest BCUT2D eigenvalue weighted by atomic mass is 19.4. The van der Waals surface area contributed by atoms with Crippen molar-refractivity contribution in [1.82, 2.24) is 9.97 Å². The van der Waals surface area contributed by atoms with Gasteiger partial charge in [0, 0.05) is 16.8 Å². The number of rotatable bonds is 4.